The summed E-state index contributed by atoms with van der Waals surface area (Å²) in [5.41, 5.74) is 0. The number of halogens is 2. The number of aromatic nitrogens is 1. The van der Waals surface area contributed by atoms with Crippen LogP contribution in [0.1, 0.15) is 12.8 Å². The predicted octanol–water partition coefficient (Wildman–Crippen LogP) is 2.17. The van der Waals surface area contributed by atoms with Gasteiger partial charge >= 0.3 is 0 Å². The van der Waals surface area contributed by atoms with Crippen molar-refractivity contribution in [2.45, 2.75) is 12.8 Å². The maximum atomic E-state index is 13.2. The van der Waals surface area contributed by atoms with Gasteiger partial charge in [0.25, 0.3) is 0 Å². The molecule has 2 N–H and O–H groups in total. The van der Waals surface area contributed by atoms with E-state index in [1.165, 1.54) is 12.3 Å². The van der Waals surface area contributed by atoms with E-state index in [1.54, 1.807) is 0 Å². The third-order valence-electron chi connectivity index (χ3n) is 1.69. The van der Waals surface area contributed by atoms with Crippen molar-refractivity contribution in [2.24, 2.45) is 0 Å². The van der Waals surface area contributed by atoms with Crippen LogP contribution in [0.15, 0.2) is 16.7 Å². The first kappa shape index (κ1) is 11.4. The van der Waals surface area contributed by atoms with Crippen molar-refractivity contribution in [2.75, 3.05) is 18.5 Å². The Morgan fingerprint density at radius 3 is 2.93 bits per heavy atom. The van der Waals surface area contributed by atoms with Gasteiger partial charge in [-0.15, -0.1) is 0 Å². The number of pyridine rings is 1. The second-order valence-corrected chi connectivity index (χ2v) is 3.76. The minimum atomic E-state index is -0.372. The summed E-state index contributed by atoms with van der Waals surface area (Å²) in [4.78, 5) is 3.88. The highest BCUT2D eigenvalue weighted by Crippen LogP contribution is 2.15. The number of aliphatic hydroxyl groups excluding tert-OH is 1. The lowest BCUT2D eigenvalue weighted by molar-refractivity contribution is 0.286. The molecule has 14 heavy (non-hydrogen) atoms. The van der Waals surface area contributed by atoms with E-state index in [2.05, 4.69) is 26.2 Å². The summed E-state index contributed by atoms with van der Waals surface area (Å²) < 4.78 is 13.8. The number of hydrogen-bond donors (Lipinski definition) is 2. The summed E-state index contributed by atoms with van der Waals surface area (Å²) >= 11 is 3.13. The highest BCUT2D eigenvalue weighted by atomic mass is 79.9. The zero-order valence-corrected chi connectivity index (χ0v) is 9.22. The molecule has 0 fully saturated rings. The molecule has 0 aliphatic heterocycles. The molecule has 0 aromatic carbocycles. The maximum absolute atomic E-state index is 13.2. The van der Waals surface area contributed by atoms with Crippen LogP contribution >= 0.6 is 15.9 Å². The average molecular weight is 263 g/mol. The lowest BCUT2D eigenvalue weighted by Crippen LogP contribution is -2.05. The molecule has 0 amide bonds. The largest absolute Gasteiger partial charge is 0.396 e. The van der Waals surface area contributed by atoms with Crippen LogP contribution in [0, 0.1) is 5.82 Å². The normalized spacial score (nSPS) is 10.2. The van der Waals surface area contributed by atoms with Gasteiger partial charge in [-0.05, 0) is 34.8 Å². The minimum absolute atomic E-state index is 0.165. The fourth-order valence-electron chi connectivity index (χ4n) is 0.988. The Kier molecular flexibility index (Phi) is 4.82. The molecule has 0 unspecified atom stereocenters. The Morgan fingerprint density at radius 1 is 1.50 bits per heavy atom. The number of nitrogens with one attached hydrogen (secondary N) is 1. The number of rotatable bonds is 5. The number of unbranched alkanes of at least 4 members (excludes halogenated alkanes) is 1. The molecule has 0 saturated carbocycles. The lowest BCUT2D eigenvalue weighted by atomic mass is 10.3. The van der Waals surface area contributed by atoms with Crippen LogP contribution in [0.4, 0.5) is 10.2 Å². The quantitative estimate of drug-likeness (QED) is 0.800. The zero-order chi connectivity index (χ0) is 10.4. The number of nitrogens with zero attached hydrogens (tertiary/aromatic N) is 1. The molecule has 3 nitrogen and oxygen atoms in total. The van der Waals surface area contributed by atoms with Crippen LogP contribution in [0.5, 0.6) is 0 Å². The van der Waals surface area contributed by atoms with E-state index < -0.39 is 0 Å². The van der Waals surface area contributed by atoms with Crippen molar-refractivity contribution in [1.29, 1.82) is 0 Å². The third-order valence-corrected chi connectivity index (χ3v) is 2.12. The molecule has 0 radical (unpaired) electrons. The van der Waals surface area contributed by atoms with E-state index in [1.807, 2.05) is 0 Å². The monoisotopic (exact) mass is 262 g/mol. The van der Waals surface area contributed by atoms with E-state index in [4.69, 9.17) is 5.11 Å². The summed E-state index contributed by atoms with van der Waals surface area (Å²) in [6.07, 6.45) is 3.05. The van der Waals surface area contributed by atoms with Crippen molar-refractivity contribution >= 4 is 21.7 Å². The van der Waals surface area contributed by atoms with E-state index in [0.29, 0.717) is 17.4 Å². The van der Waals surface area contributed by atoms with Crippen LogP contribution in [-0.2, 0) is 0 Å². The second-order valence-electron chi connectivity index (χ2n) is 2.84. The molecule has 1 rings (SSSR count). The third kappa shape index (κ3) is 3.59. The van der Waals surface area contributed by atoms with Crippen molar-refractivity contribution < 1.29 is 9.50 Å². The topological polar surface area (TPSA) is 45.1 Å². The van der Waals surface area contributed by atoms with E-state index in [-0.39, 0.29) is 18.2 Å². The van der Waals surface area contributed by atoms with Gasteiger partial charge in [0.1, 0.15) is 0 Å². The lowest BCUT2D eigenvalue weighted by Gasteiger charge is -2.05. The minimum Gasteiger partial charge on any atom is -0.396 e. The van der Waals surface area contributed by atoms with E-state index in [9.17, 15) is 4.39 Å². The predicted molar refractivity (Wildman–Crippen MR) is 56.7 cm³/mol. The second kappa shape index (κ2) is 5.93. The van der Waals surface area contributed by atoms with E-state index in [0.717, 1.165) is 6.42 Å². The van der Waals surface area contributed by atoms with Gasteiger partial charge in [-0.25, -0.2) is 9.37 Å². The first-order chi connectivity index (χ1) is 6.74. The summed E-state index contributed by atoms with van der Waals surface area (Å²) in [6, 6.07) is 1.36. The van der Waals surface area contributed by atoms with Gasteiger partial charge in [0.15, 0.2) is 11.6 Å². The van der Waals surface area contributed by atoms with Crippen LogP contribution in [-0.4, -0.2) is 23.2 Å². The van der Waals surface area contributed by atoms with Gasteiger partial charge in [-0.3, -0.25) is 0 Å². The molecule has 0 aliphatic carbocycles. The number of aliphatic hydroxyl groups is 1. The van der Waals surface area contributed by atoms with Gasteiger partial charge in [0.2, 0.25) is 0 Å². The Labute approximate surface area is 90.5 Å². The molecule has 1 heterocycles. The molecular weight excluding hydrogens is 251 g/mol. The first-order valence-corrected chi connectivity index (χ1v) is 5.19. The smallest absolute Gasteiger partial charge is 0.166 e. The molecule has 0 aliphatic rings. The van der Waals surface area contributed by atoms with Crippen LogP contribution < -0.4 is 5.32 Å². The summed E-state index contributed by atoms with van der Waals surface area (Å²) in [5.74, 6) is -0.116. The Balaban J connectivity index is 2.42. The van der Waals surface area contributed by atoms with Crippen LogP contribution in [0.3, 0.4) is 0 Å². The Hall–Kier alpha value is -0.680. The van der Waals surface area contributed by atoms with Crippen molar-refractivity contribution in [3.8, 4) is 0 Å². The Morgan fingerprint density at radius 2 is 2.29 bits per heavy atom. The van der Waals surface area contributed by atoms with Crippen LogP contribution in [0.25, 0.3) is 0 Å². The van der Waals surface area contributed by atoms with E-state index >= 15 is 0 Å². The molecule has 0 saturated heterocycles. The Bertz CT molecular complexity index is 296. The zero-order valence-electron chi connectivity index (χ0n) is 7.63. The van der Waals surface area contributed by atoms with Crippen molar-refractivity contribution in [3.63, 3.8) is 0 Å². The first-order valence-electron chi connectivity index (χ1n) is 4.40. The fraction of sp³-hybridized carbons (Fsp3) is 0.444. The molecule has 0 spiro atoms. The van der Waals surface area contributed by atoms with Gasteiger partial charge in [-0.2, -0.15) is 0 Å². The molecule has 0 bridgehead atoms. The van der Waals surface area contributed by atoms with Gasteiger partial charge < -0.3 is 10.4 Å². The summed E-state index contributed by atoms with van der Waals surface area (Å²) in [6.45, 7) is 0.782. The van der Waals surface area contributed by atoms with Crippen molar-refractivity contribution in [3.05, 3.63) is 22.6 Å². The van der Waals surface area contributed by atoms with Crippen molar-refractivity contribution in [1.82, 2.24) is 4.98 Å². The molecule has 5 heteroatoms. The SMILES string of the molecule is OCCCCNc1ncc(Br)cc1F. The maximum Gasteiger partial charge on any atom is 0.166 e. The number of anilines is 1. The summed E-state index contributed by atoms with van der Waals surface area (Å²) in [7, 11) is 0. The molecule has 78 valence electrons. The summed E-state index contributed by atoms with van der Waals surface area (Å²) in [5, 5.41) is 11.4. The molecule has 1 aromatic heterocycles. The molecule has 0 atom stereocenters. The molecule has 1 aromatic rings. The number of hydrogen-bond acceptors (Lipinski definition) is 3. The standard InChI is InChI=1S/C9H12BrFN2O/c10-7-5-8(11)9(13-6-7)12-3-1-2-4-14/h5-6,14H,1-4H2,(H,12,13). The van der Waals surface area contributed by atoms with Gasteiger partial charge in [-0.1, -0.05) is 0 Å². The highest BCUT2D eigenvalue weighted by molar-refractivity contribution is 9.10. The average Bonchev–Trinajstić information content (AvgIpc) is 2.15. The van der Waals surface area contributed by atoms with Crippen LogP contribution in [0.2, 0.25) is 0 Å². The highest BCUT2D eigenvalue weighted by Gasteiger charge is 2.02. The molecular formula is C9H12BrFN2O. The van der Waals surface area contributed by atoms with Gasteiger partial charge in [0.05, 0.1) is 0 Å². The van der Waals surface area contributed by atoms with Gasteiger partial charge in [0, 0.05) is 23.8 Å². The fourth-order valence-corrected chi connectivity index (χ4v) is 1.29.